The Morgan fingerprint density at radius 3 is 1.37 bits per heavy atom. The predicted molar refractivity (Wildman–Crippen MR) is 198 cm³/mol. The molecule has 0 radical (unpaired) electrons. The third kappa shape index (κ3) is 2.62. The Morgan fingerprint density at radius 1 is 0.510 bits per heavy atom. The van der Waals surface area contributed by atoms with E-state index in [0.717, 1.165) is 115 Å². The summed E-state index contributed by atoms with van der Waals surface area (Å²) in [4.78, 5) is 22.6. The Morgan fingerprint density at radius 2 is 0.922 bits per heavy atom. The summed E-state index contributed by atoms with van der Waals surface area (Å²) in [6.07, 6.45) is 3.53. The molecule has 0 saturated heterocycles. The molecule has 6 aliphatic rings. The second-order valence-electron chi connectivity index (χ2n) is 14.4. The second-order valence-corrected chi connectivity index (χ2v) is 19.6. The van der Waals surface area contributed by atoms with Gasteiger partial charge in [-0.05, 0) is 0 Å². The third-order valence-corrected chi connectivity index (χ3v) is 19.2. The summed E-state index contributed by atoms with van der Waals surface area (Å²) < 4.78 is 25.9. The van der Waals surface area contributed by atoms with Gasteiger partial charge in [-0.15, -0.1) is 0 Å². The van der Waals surface area contributed by atoms with E-state index in [4.69, 9.17) is 28.8 Å². The molecular formula is C40H34N8O2Si. The molecular weight excluding hydrogens is 653 g/mol. The van der Waals surface area contributed by atoms with E-state index in [2.05, 4.69) is 128 Å². The van der Waals surface area contributed by atoms with E-state index in [9.17, 15) is 0 Å². The fourth-order valence-corrected chi connectivity index (χ4v) is 18.5. The molecule has 0 fully saturated rings. The zero-order valence-corrected chi connectivity index (χ0v) is 29.4. The van der Waals surface area contributed by atoms with Crippen LogP contribution in [0.5, 0.6) is 0 Å². The molecule has 12 rings (SSSR count). The van der Waals surface area contributed by atoms with E-state index in [1.807, 2.05) is 0 Å². The molecule has 6 aromatic rings. The summed E-state index contributed by atoms with van der Waals surface area (Å²) in [5, 5.41) is 4.00. The van der Waals surface area contributed by atoms with Crippen molar-refractivity contribution in [1.82, 2.24) is 8.47 Å². The van der Waals surface area contributed by atoms with Crippen LogP contribution in [0, 0.1) is 0 Å². The zero-order valence-electron chi connectivity index (χ0n) is 28.4. The first-order valence-corrected chi connectivity index (χ1v) is 20.8. The number of fused-ring (bicyclic) bond motifs is 12. The molecule has 6 aliphatic heterocycles. The van der Waals surface area contributed by atoms with Crippen molar-refractivity contribution in [2.24, 2.45) is 20.0 Å². The topological polar surface area (TPSA) is 83.8 Å². The SMILES string of the molecule is CCCCO[Si-2]123(OCCCC)n4c5c6ccccc6c4N=C4c6ccccc6C(=[N+]41)N=c1c4ccccc4c(n12)=NC1=[N+]3C(=N5)c2ccccc21. The Hall–Kier alpha value is -5.62. The second kappa shape index (κ2) is 8.81. The summed E-state index contributed by atoms with van der Waals surface area (Å²) in [5.41, 5.74) is 5.55. The summed E-state index contributed by atoms with van der Waals surface area (Å²) >= 11 is 0. The maximum atomic E-state index is 8.29. The summed E-state index contributed by atoms with van der Waals surface area (Å²) in [7, 11) is -6.26. The zero-order chi connectivity index (χ0) is 33.8. The predicted octanol–water partition coefficient (Wildman–Crippen LogP) is 5.96. The van der Waals surface area contributed by atoms with Gasteiger partial charge in [-0.2, -0.15) is 0 Å². The number of benzene rings is 4. The Bertz CT molecular complexity index is 2770. The van der Waals surface area contributed by atoms with Gasteiger partial charge in [0.15, 0.2) is 0 Å². The number of aromatic nitrogens is 2. The van der Waals surface area contributed by atoms with E-state index < -0.39 is 7.76 Å². The van der Waals surface area contributed by atoms with Gasteiger partial charge in [0.25, 0.3) is 0 Å². The van der Waals surface area contributed by atoms with Crippen LogP contribution in [-0.4, -0.2) is 61.3 Å². The van der Waals surface area contributed by atoms with Crippen molar-refractivity contribution in [3.05, 3.63) is 130 Å². The Balaban J connectivity index is 1.48. The van der Waals surface area contributed by atoms with Crippen molar-refractivity contribution in [2.45, 2.75) is 39.5 Å². The van der Waals surface area contributed by atoms with E-state index in [1.54, 1.807) is 0 Å². The van der Waals surface area contributed by atoms with Crippen LogP contribution in [0.15, 0.2) is 117 Å². The van der Waals surface area contributed by atoms with Gasteiger partial charge in [0.2, 0.25) is 0 Å². The molecule has 0 unspecified atom stereocenters. The molecule has 10 nitrogen and oxygen atoms in total. The van der Waals surface area contributed by atoms with E-state index in [1.165, 1.54) is 0 Å². The van der Waals surface area contributed by atoms with Crippen LogP contribution < -0.4 is 11.0 Å². The number of hydrogen-bond donors (Lipinski definition) is 0. The van der Waals surface area contributed by atoms with Crippen LogP contribution in [0.4, 0.5) is 11.6 Å². The van der Waals surface area contributed by atoms with E-state index in [0.29, 0.717) is 13.2 Å². The standard InChI is InChI=1S/C40H34N8O2Si/c1-3-5-23-49-51(50-24-6-4-2)45-33-25-15-7-8-16-26(25)34(45)42-36-29-19-11-12-20-30(29)38(47(36)51)44-40-32-22-14-13-21-31(32)39(48(40)51)43-37-28-18-10-9-17-27(28)35(41-33)46(37)51/h7-22H,3-6,23-24H2,1-2H3. The van der Waals surface area contributed by atoms with E-state index >= 15 is 0 Å². The fourth-order valence-electron chi connectivity index (χ4n) is 10.0. The van der Waals surface area contributed by atoms with Crippen LogP contribution >= 0.6 is 0 Å². The van der Waals surface area contributed by atoms with Gasteiger partial charge in [0.05, 0.1) is 0 Å². The molecule has 0 N–H and O–H groups in total. The third-order valence-electron chi connectivity index (χ3n) is 11.9. The summed E-state index contributed by atoms with van der Waals surface area (Å²) in [6.45, 7) is 5.27. The van der Waals surface area contributed by atoms with Crippen molar-refractivity contribution in [2.75, 3.05) is 13.2 Å². The number of nitrogens with zero attached hydrogens (tertiary/aromatic N) is 8. The molecule has 0 amide bonds. The van der Waals surface area contributed by atoms with Crippen molar-refractivity contribution < 1.29 is 17.3 Å². The van der Waals surface area contributed by atoms with Crippen molar-refractivity contribution >= 4 is 64.3 Å². The minimum atomic E-state index is -6.26. The van der Waals surface area contributed by atoms with Crippen molar-refractivity contribution in [1.29, 1.82) is 0 Å². The van der Waals surface area contributed by atoms with Crippen molar-refractivity contribution in [3.8, 4) is 0 Å². The molecule has 8 heterocycles. The van der Waals surface area contributed by atoms with E-state index in [-0.39, 0.29) is 0 Å². The van der Waals surface area contributed by atoms with Gasteiger partial charge < -0.3 is 0 Å². The van der Waals surface area contributed by atoms with Gasteiger partial charge in [-0.25, -0.2) is 0 Å². The van der Waals surface area contributed by atoms with Gasteiger partial charge in [0, 0.05) is 0 Å². The summed E-state index contributed by atoms with van der Waals surface area (Å²) in [5.74, 6) is 4.65. The minimum absolute atomic E-state index is 0.425. The fraction of sp³-hybridized carbons (Fsp3) is 0.200. The van der Waals surface area contributed by atoms with Gasteiger partial charge in [-0.1, -0.05) is 0 Å². The quantitative estimate of drug-likeness (QED) is 0.146. The number of amidine groups is 4. The average molecular weight is 687 g/mol. The number of aliphatic imine (C=N–C) groups is 2. The molecule has 0 saturated carbocycles. The van der Waals surface area contributed by atoms with Crippen LogP contribution in [0.2, 0.25) is 0 Å². The number of rotatable bonds is 8. The van der Waals surface area contributed by atoms with Crippen molar-refractivity contribution in [3.63, 3.8) is 0 Å². The van der Waals surface area contributed by atoms with Gasteiger partial charge >= 0.3 is 293 Å². The Kier molecular flexibility index (Phi) is 4.85. The molecule has 0 bridgehead atoms. The molecule has 250 valence electrons. The average Bonchev–Trinajstić information content (AvgIpc) is 3.89. The van der Waals surface area contributed by atoms with Crippen LogP contribution in [0.25, 0.3) is 21.5 Å². The molecule has 11 heteroatoms. The van der Waals surface area contributed by atoms with Gasteiger partial charge in [0.1, 0.15) is 0 Å². The molecule has 4 aromatic carbocycles. The number of unbranched alkanes of at least 4 members (excludes halogenated alkanes) is 2. The molecule has 51 heavy (non-hydrogen) atoms. The van der Waals surface area contributed by atoms with Gasteiger partial charge in [-0.3, -0.25) is 0 Å². The first kappa shape index (κ1) is 28.1. The first-order chi connectivity index (χ1) is 25.1. The summed E-state index contributed by atoms with van der Waals surface area (Å²) in [6, 6.07) is 34.0. The molecule has 2 aromatic heterocycles. The normalized spacial score (nSPS) is 20.6. The first-order valence-electron chi connectivity index (χ1n) is 18.2. The van der Waals surface area contributed by atoms with Crippen LogP contribution in [0.1, 0.15) is 61.8 Å². The Labute approximate surface area is 292 Å². The molecule has 0 atom stereocenters. The number of hydrogen-bond acceptors (Lipinski definition) is 6. The monoisotopic (exact) mass is 686 g/mol. The molecule has 0 aliphatic carbocycles. The van der Waals surface area contributed by atoms with Crippen LogP contribution in [-0.2, 0) is 8.85 Å². The molecule has 1 spiro atoms. The maximum absolute atomic E-state index is 8.29. The van der Waals surface area contributed by atoms with Crippen LogP contribution in [0.3, 0.4) is 0 Å².